The van der Waals surface area contributed by atoms with Crippen molar-refractivity contribution in [2.45, 2.75) is 32.3 Å². The molecule has 1 aromatic carbocycles. The first kappa shape index (κ1) is 14.0. The van der Waals surface area contributed by atoms with Crippen molar-refractivity contribution >= 4 is 28.8 Å². The molecule has 0 radical (unpaired) electrons. The molecule has 1 aromatic rings. The van der Waals surface area contributed by atoms with E-state index in [0.717, 1.165) is 29.7 Å². The molecule has 1 aliphatic rings. The van der Waals surface area contributed by atoms with Crippen molar-refractivity contribution < 1.29 is 9.53 Å². The maximum atomic E-state index is 12.3. The molecular weight excluding hydrogens is 260 g/mol. The standard InChI is InChI=1S/C14H18N2O2S/c1-9-4-5-10(12(15)19)8-11(9)16-13(17)14(2)6-3-7-18-14/h4-5,8H,3,6-7H2,1-2H3,(H2,15,19)(H,16,17). The average Bonchev–Trinajstić information content (AvgIpc) is 2.80. The van der Waals surface area contributed by atoms with E-state index in [1.165, 1.54) is 0 Å². The van der Waals surface area contributed by atoms with E-state index in [9.17, 15) is 4.79 Å². The molecule has 0 saturated carbocycles. The number of rotatable bonds is 3. The van der Waals surface area contributed by atoms with Crippen molar-refractivity contribution in [1.29, 1.82) is 0 Å². The van der Waals surface area contributed by atoms with Crippen LogP contribution in [0.2, 0.25) is 0 Å². The molecule has 0 aliphatic carbocycles. The summed E-state index contributed by atoms with van der Waals surface area (Å²) in [6.07, 6.45) is 1.66. The maximum Gasteiger partial charge on any atom is 0.256 e. The van der Waals surface area contributed by atoms with E-state index in [1.54, 1.807) is 6.07 Å². The first-order valence-electron chi connectivity index (χ1n) is 6.28. The van der Waals surface area contributed by atoms with E-state index < -0.39 is 5.60 Å². The van der Waals surface area contributed by atoms with Crippen LogP contribution in [0.25, 0.3) is 0 Å². The zero-order valence-corrected chi connectivity index (χ0v) is 12.0. The van der Waals surface area contributed by atoms with Crippen molar-refractivity contribution in [1.82, 2.24) is 0 Å². The Morgan fingerprint density at radius 1 is 1.53 bits per heavy atom. The van der Waals surface area contributed by atoms with E-state index in [0.29, 0.717) is 11.6 Å². The first-order chi connectivity index (χ1) is 8.92. The third-order valence-corrected chi connectivity index (χ3v) is 3.71. The van der Waals surface area contributed by atoms with Crippen molar-refractivity contribution in [3.8, 4) is 0 Å². The van der Waals surface area contributed by atoms with Crippen LogP contribution < -0.4 is 11.1 Å². The van der Waals surface area contributed by atoms with Crippen LogP contribution >= 0.6 is 12.2 Å². The molecule has 1 aliphatic heterocycles. The van der Waals surface area contributed by atoms with Gasteiger partial charge in [0.05, 0.1) is 0 Å². The van der Waals surface area contributed by atoms with E-state index in [4.69, 9.17) is 22.7 Å². The highest BCUT2D eigenvalue weighted by molar-refractivity contribution is 7.80. The zero-order chi connectivity index (χ0) is 14.0. The van der Waals surface area contributed by atoms with Crippen molar-refractivity contribution in [2.75, 3.05) is 11.9 Å². The Bertz CT molecular complexity index is 522. The number of thiocarbonyl (C=S) groups is 1. The summed E-state index contributed by atoms with van der Waals surface area (Å²) >= 11 is 4.95. The fourth-order valence-corrected chi connectivity index (χ4v) is 2.25. The smallest absolute Gasteiger partial charge is 0.256 e. The monoisotopic (exact) mass is 278 g/mol. The lowest BCUT2D eigenvalue weighted by Gasteiger charge is -2.22. The lowest BCUT2D eigenvalue weighted by atomic mass is 10.0. The van der Waals surface area contributed by atoms with Gasteiger partial charge < -0.3 is 15.8 Å². The minimum atomic E-state index is -0.730. The van der Waals surface area contributed by atoms with Gasteiger partial charge in [0.25, 0.3) is 5.91 Å². The molecule has 3 N–H and O–H groups in total. The largest absolute Gasteiger partial charge is 0.389 e. The lowest BCUT2D eigenvalue weighted by Crippen LogP contribution is -2.39. The summed E-state index contributed by atoms with van der Waals surface area (Å²) in [6.45, 7) is 4.38. The SMILES string of the molecule is Cc1ccc(C(N)=S)cc1NC(=O)C1(C)CCCO1. The van der Waals surface area contributed by atoms with Crippen LogP contribution in [0.1, 0.15) is 30.9 Å². The number of nitrogens with two attached hydrogens (primary N) is 1. The topological polar surface area (TPSA) is 64.3 Å². The second kappa shape index (κ2) is 5.27. The van der Waals surface area contributed by atoms with Crippen LogP contribution in [0.4, 0.5) is 5.69 Å². The normalized spacial score (nSPS) is 22.2. The molecule has 0 bridgehead atoms. The van der Waals surface area contributed by atoms with Gasteiger partial charge in [-0.3, -0.25) is 4.79 Å². The van der Waals surface area contributed by atoms with Gasteiger partial charge in [-0.25, -0.2) is 0 Å². The third kappa shape index (κ3) is 2.93. The van der Waals surface area contributed by atoms with Crippen LogP contribution in [0, 0.1) is 6.92 Å². The van der Waals surface area contributed by atoms with Crippen LogP contribution in [0.15, 0.2) is 18.2 Å². The molecule has 1 atom stereocenters. The second-order valence-corrected chi connectivity index (χ2v) is 5.47. The quantitative estimate of drug-likeness (QED) is 0.831. The Kier molecular flexibility index (Phi) is 3.87. The summed E-state index contributed by atoms with van der Waals surface area (Å²) in [5.41, 5.74) is 7.32. The number of anilines is 1. The summed E-state index contributed by atoms with van der Waals surface area (Å²) in [5.74, 6) is -0.117. The molecule has 2 rings (SSSR count). The number of hydrogen-bond acceptors (Lipinski definition) is 3. The predicted octanol–water partition coefficient (Wildman–Crippen LogP) is 2.14. The Morgan fingerprint density at radius 3 is 2.84 bits per heavy atom. The zero-order valence-electron chi connectivity index (χ0n) is 11.2. The maximum absolute atomic E-state index is 12.3. The molecular formula is C14H18N2O2S. The molecule has 102 valence electrons. The highest BCUT2D eigenvalue weighted by atomic mass is 32.1. The van der Waals surface area contributed by atoms with Gasteiger partial charge in [-0.2, -0.15) is 0 Å². The van der Waals surface area contributed by atoms with Crippen molar-refractivity contribution in [3.05, 3.63) is 29.3 Å². The summed E-state index contributed by atoms with van der Waals surface area (Å²) in [4.78, 5) is 12.6. The van der Waals surface area contributed by atoms with E-state index in [-0.39, 0.29) is 5.91 Å². The van der Waals surface area contributed by atoms with Gasteiger partial charge in [-0.05, 0) is 38.3 Å². The Morgan fingerprint density at radius 2 is 2.26 bits per heavy atom. The number of carbonyl (C=O) groups is 1. The fourth-order valence-electron chi connectivity index (χ4n) is 2.12. The summed E-state index contributed by atoms with van der Waals surface area (Å²) in [5, 5.41) is 2.91. The van der Waals surface area contributed by atoms with Crippen LogP contribution in [0.3, 0.4) is 0 Å². The third-order valence-electron chi connectivity index (χ3n) is 3.47. The Labute approximate surface area is 118 Å². The molecule has 1 heterocycles. The van der Waals surface area contributed by atoms with Crippen LogP contribution in [0.5, 0.6) is 0 Å². The van der Waals surface area contributed by atoms with Crippen molar-refractivity contribution in [2.24, 2.45) is 5.73 Å². The summed E-state index contributed by atoms with van der Waals surface area (Å²) in [7, 11) is 0. The minimum absolute atomic E-state index is 0.117. The number of benzene rings is 1. The summed E-state index contributed by atoms with van der Waals surface area (Å²) in [6, 6.07) is 5.54. The Balaban J connectivity index is 2.20. The minimum Gasteiger partial charge on any atom is -0.389 e. The molecule has 19 heavy (non-hydrogen) atoms. The van der Waals surface area contributed by atoms with Gasteiger partial charge in [0, 0.05) is 17.9 Å². The number of aryl methyl sites for hydroxylation is 1. The van der Waals surface area contributed by atoms with Gasteiger partial charge in [-0.15, -0.1) is 0 Å². The lowest BCUT2D eigenvalue weighted by molar-refractivity contribution is -0.133. The van der Waals surface area contributed by atoms with Crippen LogP contribution in [-0.2, 0) is 9.53 Å². The molecule has 0 aromatic heterocycles. The molecule has 1 amide bonds. The molecule has 5 heteroatoms. The van der Waals surface area contributed by atoms with Gasteiger partial charge in [0.1, 0.15) is 10.6 Å². The number of amides is 1. The van der Waals surface area contributed by atoms with E-state index >= 15 is 0 Å². The fraction of sp³-hybridized carbons (Fsp3) is 0.429. The second-order valence-electron chi connectivity index (χ2n) is 5.03. The van der Waals surface area contributed by atoms with Gasteiger partial charge in [0.15, 0.2) is 0 Å². The molecule has 1 fully saturated rings. The summed E-state index contributed by atoms with van der Waals surface area (Å²) < 4.78 is 5.53. The first-order valence-corrected chi connectivity index (χ1v) is 6.69. The van der Waals surface area contributed by atoms with Gasteiger partial charge in [0.2, 0.25) is 0 Å². The molecule has 0 spiro atoms. The predicted molar refractivity (Wildman–Crippen MR) is 79.3 cm³/mol. The Hall–Kier alpha value is -1.46. The average molecular weight is 278 g/mol. The molecule has 1 saturated heterocycles. The van der Waals surface area contributed by atoms with E-state index in [2.05, 4.69) is 5.32 Å². The highest BCUT2D eigenvalue weighted by Gasteiger charge is 2.37. The van der Waals surface area contributed by atoms with Crippen molar-refractivity contribution in [3.63, 3.8) is 0 Å². The number of nitrogens with one attached hydrogen (secondary N) is 1. The van der Waals surface area contributed by atoms with E-state index in [1.807, 2.05) is 26.0 Å². The highest BCUT2D eigenvalue weighted by Crippen LogP contribution is 2.27. The van der Waals surface area contributed by atoms with Gasteiger partial charge >= 0.3 is 0 Å². The number of hydrogen-bond donors (Lipinski definition) is 2. The van der Waals surface area contributed by atoms with Crippen LogP contribution in [-0.4, -0.2) is 23.1 Å². The number of carbonyl (C=O) groups excluding carboxylic acids is 1. The van der Waals surface area contributed by atoms with Gasteiger partial charge in [-0.1, -0.05) is 24.4 Å². The molecule has 1 unspecified atom stereocenters. The molecule has 4 nitrogen and oxygen atoms in total. The number of ether oxygens (including phenoxy) is 1.